The molecule has 3 fully saturated rings. The van der Waals surface area contributed by atoms with Crippen molar-refractivity contribution in [1.82, 2.24) is 18.7 Å². The second-order valence-corrected chi connectivity index (χ2v) is 15.5. The Labute approximate surface area is 334 Å². The molecular formula is C37H49ClN4O7S4. The quantitative estimate of drug-likeness (QED) is 0.0706. The number of nitrogens with zero attached hydrogens (tertiary/aromatic N) is 3. The van der Waals surface area contributed by atoms with Crippen LogP contribution in [0.5, 0.6) is 11.5 Å². The summed E-state index contributed by atoms with van der Waals surface area (Å²) in [7, 11) is 3.28. The van der Waals surface area contributed by atoms with E-state index in [-0.39, 0.29) is 43.2 Å². The summed E-state index contributed by atoms with van der Waals surface area (Å²) in [4.78, 5) is 31.1. The molecule has 1 saturated heterocycles. The van der Waals surface area contributed by atoms with Crippen LogP contribution < -0.4 is 9.47 Å². The van der Waals surface area contributed by atoms with Crippen molar-refractivity contribution in [3.05, 3.63) is 52.5 Å². The van der Waals surface area contributed by atoms with Gasteiger partial charge in [-0.25, -0.2) is 9.97 Å². The van der Waals surface area contributed by atoms with Crippen LogP contribution in [0.25, 0.3) is 22.8 Å². The van der Waals surface area contributed by atoms with Gasteiger partial charge in [-0.05, 0) is 148 Å². The van der Waals surface area contributed by atoms with Gasteiger partial charge in [0.2, 0.25) is 0 Å². The van der Waals surface area contributed by atoms with Gasteiger partial charge in [0.15, 0.2) is 14.1 Å². The molecule has 0 spiro atoms. The molecule has 3 aliphatic rings. The number of aromatic nitrogens is 4. The number of nitrogens with one attached hydrogen (secondary N) is 1. The van der Waals surface area contributed by atoms with Gasteiger partial charge in [-0.2, -0.15) is 4.37 Å². The maximum Gasteiger partial charge on any atom is 0.321 e. The van der Waals surface area contributed by atoms with Gasteiger partial charge in [-0.15, -0.1) is 11.6 Å². The summed E-state index contributed by atoms with van der Waals surface area (Å²) in [6.45, 7) is 2.00. The van der Waals surface area contributed by atoms with Crippen molar-refractivity contribution in [2.45, 2.75) is 88.2 Å². The standard InChI is InChI=1S/C16H18N2O3S2.C9H8N2OS2.C7H11ClO2.C4H8O.CH4/c1-20-12-8-6-11(7-9-12)15-17-16(23-18-15)22-10-14(19)21-13-4-2-3-5-13;1-12-7-4-2-6(3-5-7)8-10-9(13)14-11-8;8-5-7(9)10-6-3-1-2-4-6;1-2-4-5-3-1;/h6-9,13H,2-5,10H2,1H3;2-5H,1H3,(H,10,11,13);6H,1-5H2;1-4H2;1H4. The smallest absolute Gasteiger partial charge is 0.321 e. The van der Waals surface area contributed by atoms with E-state index in [4.69, 9.17) is 47.5 Å². The molecule has 2 saturated carbocycles. The summed E-state index contributed by atoms with van der Waals surface area (Å²) in [5.74, 6) is 2.93. The lowest BCUT2D eigenvalue weighted by atomic mass is 10.2. The van der Waals surface area contributed by atoms with Gasteiger partial charge >= 0.3 is 11.9 Å². The number of methoxy groups -OCH3 is 2. The van der Waals surface area contributed by atoms with Gasteiger partial charge in [-0.3, -0.25) is 14.0 Å². The molecule has 0 radical (unpaired) electrons. The summed E-state index contributed by atoms with van der Waals surface area (Å²) in [6, 6.07) is 15.3. The Morgan fingerprint density at radius 1 is 0.830 bits per heavy atom. The Kier molecular flexibility index (Phi) is 21.0. The van der Waals surface area contributed by atoms with Crippen molar-refractivity contribution >= 4 is 70.6 Å². The normalized spacial score (nSPS) is 15.0. The molecule has 11 nitrogen and oxygen atoms in total. The number of carbonyl (C=O) groups is 2. The van der Waals surface area contributed by atoms with E-state index in [1.807, 2.05) is 48.5 Å². The Bertz CT molecular complexity index is 1660. The summed E-state index contributed by atoms with van der Waals surface area (Å²) >= 11 is 14.2. The minimum atomic E-state index is -0.284. The topological polar surface area (TPSA) is 135 Å². The molecule has 0 unspecified atom stereocenters. The van der Waals surface area contributed by atoms with E-state index in [1.165, 1.54) is 60.5 Å². The molecule has 2 aliphatic carbocycles. The zero-order valence-corrected chi connectivity index (χ0v) is 33.4. The number of benzene rings is 2. The van der Waals surface area contributed by atoms with E-state index in [1.54, 1.807) is 14.2 Å². The number of ether oxygens (including phenoxy) is 5. The van der Waals surface area contributed by atoms with Gasteiger partial charge in [0.05, 0.1) is 20.0 Å². The van der Waals surface area contributed by atoms with E-state index >= 15 is 0 Å². The minimum absolute atomic E-state index is 0. The third-order valence-corrected chi connectivity index (χ3v) is 10.9. The van der Waals surface area contributed by atoms with Crippen molar-refractivity contribution in [2.24, 2.45) is 0 Å². The van der Waals surface area contributed by atoms with Crippen molar-refractivity contribution in [2.75, 3.05) is 39.1 Å². The Balaban J connectivity index is 0.000000214. The molecule has 0 amide bonds. The molecule has 2 aromatic carbocycles. The molecule has 53 heavy (non-hydrogen) atoms. The van der Waals surface area contributed by atoms with Gasteiger partial charge in [-0.1, -0.05) is 19.2 Å². The zero-order valence-electron chi connectivity index (χ0n) is 29.4. The maximum atomic E-state index is 11.8. The Morgan fingerprint density at radius 3 is 1.81 bits per heavy atom. The number of H-pyrrole nitrogens is 1. The average molecular weight is 826 g/mol. The first-order valence-corrected chi connectivity index (χ1v) is 20.7. The predicted molar refractivity (Wildman–Crippen MR) is 216 cm³/mol. The molecule has 2 aromatic heterocycles. The van der Waals surface area contributed by atoms with Gasteiger partial charge in [0.25, 0.3) is 0 Å². The number of aromatic amines is 1. The lowest BCUT2D eigenvalue weighted by Crippen LogP contribution is -2.16. The van der Waals surface area contributed by atoms with Crippen LogP contribution in [0.3, 0.4) is 0 Å². The molecule has 4 aromatic rings. The van der Waals surface area contributed by atoms with Crippen LogP contribution in [0.1, 0.15) is 71.6 Å². The molecule has 1 aliphatic heterocycles. The summed E-state index contributed by atoms with van der Waals surface area (Å²) < 4.78 is 34.3. The van der Waals surface area contributed by atoms with E-state index < -0.39 is 0 Å². The summed E-state index contributed by atoms with van der Waals surface area (Å²) in [5, 5.41) is 0. The molecule has 3 heterocycles. The monoisotopic (exact) mass is 824 g/mol. The number of halogens is 1. The highest BCUT2D eigenvalue weighted by molar-refractivity contribution is 8.01. The zero-order chi connectivity index (χ0) is 37.0. The average Bonchev–Trinajstić information content (AvgIpc) is 4.03. The second-order valence-electron chi connectivity index (χ2n) is 11.8. The van der Waals surface area contributed by atoms with Crippen molar-refractivity contribution < 1.29 is 33.3 Å². The number of esters is 2. The number of hydrogen-bond acceptors (Lipinski definition) is 14. The number of rotatable bonds is 10. The van der Waals surface area contributed by atoms with Crippen LogP contribution in [0.15, 0.2) is 52.9 Å². The van der Waals surface area contributed by atoms with Crippen molar-refractivity contribution in [3.63, 3.8) is 0 Å². The highest BCUT2D eigenvalue weighted by Gasteiger charge is 2.20. The highest BCUT2D eigenvalue weighted by Crippen LogP contribution is 2.28. The van der Waals surface area contributed by atoms with Gasteiger partial charge in [0, 0.05) is 24.3 Å². The SMILES string of the molecule is C.C1CCOC1.COc1ccc(-c2nc(=S)s[nH]2)cc1.COc1ccc(-c2nsc(SCC(=O)OC3CCCC3)n2)cc1.O=C(CCl)OC1CCCC1. The first-order chi connectivity index (χ1) is 25.4. The third-order valence-electron chi connectivity index (χ3n) is 8.01. The maximum absolute atomic E-state index is 11.8. The molecule has 16 heteroatoms. The van der Waals surface area contributed by atoms with Crippen LogP contribution in [0, 0.1) is 3.95 Å². The van der Waals surface area contributed by atoms with Gasteiger partial charge < -0.3 is 23.7 Å². The highest BCUT2D eigenvalue weighted by atomic mass is 35.5. The lowest BCUT2D eigenvalue weighted by Gasteiger charge is -2.10. The Morgan fingerprint density at radius 2 is 1.36 bits per heavy atom. The summed E-state index contributed by atoms with van der Waals surface area (Å²) in [6.07, 6.45) is 11.5. The molecule has 0 bridgehead atoms. The van der Waals surface area contributed by atoms with E-state index in [0.29, 0.717) is 9.78 Å². The van der Waals surface area contributed by atoms with Crippen LogP contribution in [0.4, 0.5) is 0 Å². The fraction of sp³-hybridized carbons (Fsp3) is 0.514. The van der Waals surface area contributed by atoms with Crippen LogP contribution >= 0.6 is 58.6 Å². The largest absolute Gasteiger partial charge is 0.497 e. The molecule has 290 valence electrons. The summed E-state index contributed by atoms with van der Waals surface area (Å²) in [5.41, 5.74) is 1.94. The second kappa shape index (κ2) is 25.1. The first-order valence-electron chi connectivity index (χ1n) is 17.2. The fourth-order valence-electron chi connectivity index (χ4n) is 5.31. The van der Waals surface area contributed by atoms with E-state index in [0.717, 1.165) is 84.5 Å². The minimum Gasteiger partial charge on any atom is -0.497 e. The van der Waals surface area contributed by atoms with Crippen LogP contribution in [-0.4, -0.2) is 81.9 Å². The number of hydrogen-bond donors (Lipinski definition) is 1. The number of carbonyl (C=O) groups excluding carboxylic acids is 2. The molecular weight excluding hydrogens is 776 g/mol. The van der Waals surface area contributed by atoms with Crippen LogP contribution in [0.2, 0.25) is 0 Å². The number of thioether (sulfide) groups is 1. The van der Waals surface area contributed by atoms with E-state index in [2.05, 4.69) is 18.7 Å². The van der Waals surface area contributed by atoms with Crippen molar-refractivity contribution in [3.8, 4) is 34.3 Å². The first kappa shape index (κ1) is 44.3. The lowest BCUT2D eigenvalue weighted by molar-refractivity contribution is -0.146. The van der Waals surface area contributed by atoms with Gasteiger partial charge in [0.1, 0.15) is 35.4 Å². The molecule has 0 atom stereocenters. The fourth-order valence-corrected chi connectivity index (χ4v) is 7.47. The Hall–Kier alpha value is -3.08. The third kappa shape index (κ3) is 16.4. The van der Waals surface area contributed by atoms with Crippen LogP contribution in [-0.2, 0) is 23.8 Å². The van der Waals surface area contributed by atoms with E-state index in [9.17, 15) is 9.59 Å². The molecule has 7 rings (SSSR count). The predicted octanol–water partition coefficient (Wildman–Crippen LogP) is 9.81. The number of alkyl halides is 1. The molecule has 1 N–H and O–H groups in total. The van der Waals surface area contributed by atoms with Crippen molar-refractivity contribution in [1.29, 1.82) is 0 Å².